The topological polar surface area (TPSA) is 58.2 Å². The third kappa shape index (κ3) is 4.35. The molecule has 3 rings (SSSR count). The highest BCUT2D eigenvalue weighted by Gasteiger charge is 2.35. The molecule has 0 spiro atoms. The maximum atomic E-state index is 13.4. The lowest BCUT2D eigenvalue weighted by atomic mass is 10.1. The van der Waals surface area contributed by atoms with Crippen molar-refractivity contribution in [3.05, 3.63) is 58.6 Å². The minimum absolute atomic E-state index is 0.0405. The van der Waals surface area contributed by atoms with Gasteiger partial charge in [0.05, 0.1) is 11.3 Å². The molecule has 2 aromatic rings. The van der Waals surface area contributed by atoms with E-state index in [-0.39, 0.29) is 28.8 Å². The second-order valence-electron chi connectivity index (χ2n) is 5.98. The summed E-state index contributed by atoms with van der Waals surface area (Å²) in [6.45, 7) is 0. The van der Waals surface area contributed by atoms with Crippen LogP contribution in [-0.2, 0) is 11.0 Å². The molecule has 26 heavy (non-hydrogen) atoms. The van der Waals surface area contributed by atoms with Crippen molar-refractivity contribution < 1.29 is 22.8 Å². The van der Waals surface area contributed by atoms with Gasteiger partial charge in [-0.25, -0.2) is 0 Å². The highest BCUT2D eigenvalue weighted by atomic mass is 35.5. The number of carbonyl (C=O) groups excluding carboxylic acids is 2. The number of anilines is 2. The van der Waals surface area contributed by atoms with Crippen molar-refractivity contribution in [2.24, 2.45) is 5.92 Å². The number of carbonyl (C=O) groups is 2. The van der Waals surface area contributed by atoms with Crippen LogP contribution < -0.4 is 10.6 Å². The van der Waals surface area contributed by atoms with Gasteiger partial charge in [-0.1, -0.05) is 11.6 Å². The third-order valence-electron chi connectivity index (χ3n) is 3.90. The molecule has 0 aromatic heterocycles. The van der Waals surface area contributed by atoms with Crippen molar-refractivity contribution in [3.63, 3.8) is 0 Å². The molecule has 1 saturated carbocycles. The molecule has 136 valence electrons. The van der Waals surface area contributed by atoms with Gasteiger partial charge in [0.25, 0.3) is 5.91 Å². The normalized spacial score (nSPS) is 14.0. The summed E-state index contributed by atoms with van der Waals surface area (Å²) in [5.41, 5.74) is -1.21. The Labute approximate surface area is 152 Å². The minimum Gasteiger partial charge on any atom is -0.326 e. The van der Waals surface area contributed by atoms with Crippen molar-refractivity contribution in [2.45, 2.75) is 19.0 Å². The molecule has 0 bridgehead atoms. The summed E-state index contributed by atoms with van der Waals surface area (Å²) < 4.78 is 40.1. The molecule has 2 aromatic carbocycles. The summed E-state index contributed by atoms with van der Waals surface area (Å²) in [6.07, 6.45) is -3.21. The molecule has 0 saturated heterocycles. The molecule has 2 amide bonds. The van der Waals surface area contributed by atoms with E-state index in [1.54, 1.807) is 0 Å². The monoisotopic (exact) mass is 382 g/mol. The predicted molar refractivity (Wildman–Crippen MR) is 92.2 cm³/mol. The van der Waals surface area contributed by atoms with Crippen LogP contribution in [-0.4, -0.2) is 11.8 Å². The van der Waals surface area contributed by atoms with Crippen LogP contribution in [0, 0.1) is 5.92 Å². The zero-order valence-corrected chi connectivity index (χ0v) is 14.1. The number of rotatable bonds is 4. The molecule has 0 radical (unpaired) electrons. The van der Waals surface area contributed by atoms with E-state index >= 15 is 0 Å². The number of benzene rings is 2. The lowest BCUT2D eigenvalue weighted by Crippen LogP contribution is -2.18. The Hall–Kier alpha value is -2.54. The van der Waals surface area contributed by atoms with Gasteiger partial charge in [-0.15, -0.1) is 0 Å². The molecule has 8 heteroatoms. The number of halogens is 4. The van der Waals surface area contributed by atoms with Gasteiger partial charge in [0.2, 0.25) is 5.91 Å². The van der Waals surface area contributed by atoms with E-state index in [1.807, 2.05) is 0 Å². The Morgan fingerprint density at radius 1 is 1.00 bits per heavy atom. The van der Waals surface area contributed by atoms with Gasteiger partial charge in [0.15, 0.2) is 0 Å². The maximum Gasteiger partial charge on any atom is 0.418 e. The molecule has 1 fully saturated rings. The zero-order chi connectivity index (χ0) is 18.9. The molecule has 2 N–H and O–H groups in total. The van der Waals surface area contributed by atoms with Gasteiger partial charge < -0.3 is 10.6 Å². The van der Waals surface area contributed by atoms with E-state index in [0.29, 0.717) is 5.02 Å². The summed E-state index contributed by atoms with van der Waals surface area (Å²) >= 11 is 5.73. The second-order valence-corrected chi connectivity index (χ2v) is 6.42. The smallest absolute Gasteiger partial charge is 0.326 e. The average Bonchev–Trinajstić information content (AvgIpc) is 3.41. The highest BCUT2D eigenvalue weighted by molar-refractivity contribution is 6.30. The van der Waals surface area contributed by atoms with Gasteiger partial charge in [0.1, 0.15) is 0 Å². The quantitative estimate of drug-likeness (QED) is 0.785. The van der Waals surface area contributed by atoms with Gasteiger partial charge in [0, 0.05) is 22.2 Å². The van der Waals surface area contributed by atoms with Crippen LogP contribution in [0.1, 0.15) is 28.8 Å². The maximum absolute atomic E-state index is 13.4. The molecular weight excluding hydrogens is 369 g/mol. The van der Waals surface area contributed by atoms with E-state index in [4.69, 9.17) is 11.6 Å². The number of amides is 2. The van der Waals surface area contributed by atoms with E-state index < -0.39 is 17.6 Å². The first-order valence-electron chi connectivity index (χ1n) is 7.83. The van der Waals surface area contributed by atoms with Crippen molar-refractivity contribution in [1.82, 2.24) is 0 Å². The molecule has 0 aliphatic heterocycles. The summed E-state index contributed by atoms with van der Waals surface area (Å²) in [4.78, 5) is 23.9. The fraction of sp³-hybridized carbons (Fsp3) is 0.222. The SMILES string of the molecule is O=C(Nc1ccc(NC(=O)C2CC2)cc1C(F)(F)F)c1ccc(Cl)cc1. The van der Waals surface area contributed by atoms with E-state index in [1.165, 1.54) is 30.3 Å². The molecule has 0 heterocycles. The van der Waals surface area contributed by atoms with Crippen molar-refractivity contribution in [1.29, 1.82) is 0 Å². The van der Waals surface area contributed by atoms with Gasteiger partial charge >= 0.3 is 6.18 Å². The molecule has 0 atom stereocenters. The van der Waals surface area contributed by atoms with E-state index in [0.717, 1.165) is 25.0 Å². The highest BCUT2D eigenvalue weighted by Crippen LogP contribution is 2.37. The Morgan fingerprint density at radius 3 is 2.23 bits per heavy atom. The standard InChI is InChI=1S/C18H14ClF3N2O2/c19-12-5-3-11(4-6-12)17(26)24-15-8-7-13(9-14(15)18(20,21)22)23-16(25)10-1-2-10/h3-10H,1-2H2,(H,23,25)(H,24,26). The van der Waals surface area contributed by atoms with Crippen LogP contribution in [0.25, 0.3) is 0 Å². The van der Waals surface area contributed by atoms with Crippen LogP contribution in [0.15, 0.2) is 42.5 Å². The molecule has 4 nitrogen and oxygen atoms in total. The summed E-state index contributed by atoms with van der Waals surface area (Å²) in [7, 11) is 0. The van der Waals surface area contributed by atoms with Crippen molar-refractivity contribution in [3.8, 4) is 0 Å². The Bertz CT molecular complexity index is 847. The fourth-order valence-electron chi connectivity index (χ4n) is 2.35. The third-order valence-corrected chi connectivity index (χ3v) is 4.15. The van der Waals surface area contributed by atoms with Gasteiger partial charge in [-0.3, -0.25) is 9.59 Å². The first kappa shape index (κ1) is 18.3. The molecular formula is C18H14ClF3N2O2. The molecule has 1 aliphatic carbocycles. The van der Waals surface area contributed by atoms with Gasteiger partial charge in [-0.2, -0.15) is 13.2 Å². The zero-order valence-electron chi connectivity index (χ0n) is 13.4. The lowest BCUT2D eigenvalue weighted by Gasteiger charge is -2.16. The van der Waals surface area contributed by atoms with Crippen LogP contribution >= 0.6 is 11.6 Å². The number of alkyl halides is 3. The number of hydrogen-bond donors (Lipinski definition) is 2. The summed E-state index contributed by atoms with van der Waals surface area (Å²) in [5.74, 6) is -1.12. The second kappa shape index (κ2) is 6.99. The van der Waals surface area contributed by atoms with Crippen LogP contribution in [0.4, 0.5) is 24.5 Å². The largest absolute Gasteiger partial charge is 0.418 e. The van der Waals surface area contributed by atoms with Crippen molar-refractivity contribution in [2.75, 3.05) is 10.6 Å². The summed E-state index contributed by atoms with van der Waals surface area (Å²) in [5, 5.41) is 5.13. The average molecular weight is 383 g/mol. The first-order valence-corrected chi connectivity index (χ1v) is 8.21. The van der Waals surface area contributed by atoms with Crippen LogP contribution in [0.5, 0.6) is 0 Å². The molecule has 1 aliphatic rings. The summed E-state index contributed by atoms with van der Waals surface area (Å²) in [6, 6.07) is 9.03. The van der Waals surface area contributed by atoms with Crippen LogP contribution in [0.2, 0.25) is 5.02 Å². The molecule has 0 unspecified atom stereocenters. The van der Waals surface area contributed by atoms with Gasteiger partial charge in [-0.05, 0) is 55.3 Å². The predicted octanol–water partition coefficient (Wildman–Crippen LogP) is 4.96. The lowest BCUT2D eigenvalue weighted by molar-refractivity contribution is -0.137. The first-order chi connectivity index (χ1) is 12.2. The Kier molecular flexibility index (Phi) is 4.91. The Balaban J connectivity index is 1.84. The number of hydrogen-bond acceptors (Lipinski definition) is 2. The number of nitrogens with one attached hydrogen (secondary N) is 2. The van der Waals surface area contributed by atoms with Crippen molar-refractivity contribution >= 4 is 34.8 Å². The van der Waals surface area contributed by atoms with E-state index in [9.17, 15) is 22.8 Å². The van der Waals surface area contributed by atoms with Crippen LogP contribution in [0.3, 0.4) is 0 Å². The fourth-order valence-corrected chi connectivity index (χ4v) is 2.48. The Morgan fingerprint density at radius 2 is 1.65 bits per heavy atom. The van der Waals surface area contributed by atoms with E-state index in [2.05, 4.69) is 10.6 Å². The minimum atomic E-state index is -4.69.